The molecule has 170 valence electrons. The van der Waals surface area contributed by atoms with Crippen molar-refractivity contribution in [3.63, 3.8) is 0 Å². The van der Waals surface area contributed by atoms with E-state index in [2.05, 4.69) is 17.1 Å². The first-order chi connectivity index (χ1) is 16.0. The monoisotopic (exact) mass is 464 g/mol. The molecule has 0 radical (unpaired) electrons. The van der Waals surface area contributed by atoms with Crippen molar-refractivity contribution in [1.29, 1.82) is 0 Å². The molecular weight excluding hydrogens is 440 g/mol. The van der Waals surface area contributed by atoms with Gasteiger partial charge in [0.25, 0.3) is 5.91 Å². The molecule has 0 spiro atoms. The van der Waals surface area contributed by atoms with Crippen LogP contribution in [0.3, 0.4) is 0 Å². The SMILES string of the molecule is C=CCc1cc(C=NNC(=O)c2cccs2)cc(OCC)c1OCc1ccc(C(=O)O)cc1. The van der Waals surface area contributed by atoms with Crippen molar-refractivity contribution in [1.82, 2.24) is 5.43 Å². The van der Waals surface area contributed by atoms with Gasteiger partial charge in [-0.2, -0.15) is 5.10 Å². The highest BCUT2D eigenvalue weighted by molar-refractivity contribution is 7.12. The fraction of sp³-hybridized carbons (Fsp3) is 0.160. The van der Waals surface area contributed by atoms with Crippen LogP contribution >= 0.6 is 11.3 Å². The minimum atomic E-state index is -0.974. The number of benzene rings is 2. The molecule has 8 heteroatoms. The predicted molar refractivity (Wildman–Crippen MR) is 129 cm³/mol. The first-order valence-electron chi connectivity index (χ1n) is 10.2. The second-order valence-electron chi connectivity index (χ2n) is 6.90. The number of amides is 1. The third-order valence-electron chi connectivity index (χ3n) is 4.53. The highest BCUT2D eigenvalue weighted by atomic mass is 32.1. The number of carboxylic acids is 1. The van der Waals surface area contributed by atoms with Crippen LogP contribution < -0.4 is 14.9 Å². The van der Waals surface area contributed by atoms with E-state index in [0.29, 0.717) is 29.4 Å². The number of nitrogens with one attached hydrogen (secondary N) is 1. The summed E-state index contributed by atoms with van der Waals surface area (Å²) in [6.45, 7) is 6.38. The van der Waals surface area contributed by atoms with Crippen LogP contribution in [0.1, 0.15) is 43.6 Å². The van der Waals surface area contributed by atoms with Gasteiger partial charge in [0.15, 0.2) is 11.5 Å². The molecule has 0 bridgehead atoms. The lowest BCUT2D eigenvalue weighted by Gasteiger charge is -2.17. The normalized spacial score (nSPS) is 10.7. The summed E-state index contributed by atoms with van der Waals surface area (Å²) in [5.74, 6) is -0.117. The smallest absolute Gasteiger partial charge is 0.335 e. The lowest BCUT2D eigenvalue weighted by molar-refractivity contribution is 0.0696. The van der Waals surface area contributed by atoms with Gasteiger partial charge >= 0.3 is 5.97 Å². The molecule has 7 nitrogen and oxygen atoms in total. The lowest BCUT2D eigenvalue weighted by atomic mass is 10.1. The number of aromatic carboxylic acids is 1. The molecule has 0 atom stereocenters. The summed E-state index contributed by atoms with van der Waals surface area (Å²) in [4.78, 5) is 23.7. The molecule has 2 aromatic carbocycles. The molecule has 0 fully saturated rings. The van der Waals surface area contributed by atoms with Crippen LogP contribution in [0.5, 0.6) is 11.5 Å². The minimum Gasteiger partial charge on any atom is -0.490 e. The summed E-state index contributed by atoms with van der Waals surface area (Å²) in [5, 5.41) is 14.9. The van der Waals surface area contributed by atoms with Crippen LogP contribution in [0.25, 0.3) is 0 Å². The number of carboxylic acid groups (broad SMARTS) is 1. The Balaban J connectivity index is 1.80. The van der Waals surface area contributed by atoms with Gasteiger partial charge in [0.1, 0.15) is 6.61 Å². The van der Waals surface area contributed by atoms with Gasteiger partial charge < -0.3 is 14.6 Å². The van der Waals surface area contributed by atoms with Gasteiger partial charge in [-0.3, -0.25) is 4.79 Å². The molecule has 33 heavy (non-hydrogen) atoms. The number of ether oxygens (including phenoxy) is 2. The first kappa shape index (κ1) is 23.7. The molecular formula is C25H24N2O5S. The molecule has 0 saturated heterocycles. The molecule has 1 amide bonds. The highest BCUT2D eigenvalue weighted by Gasteiger charge is 2.14. The van der Waals surface area contributed by atoms with E-state index >= 15 is 0 Å². The summed E-state index contributed by atoms with van der Waals surface area (Å²) >= 11 is 1.34. The number of hydrogen-bond acceptors (Lipinski definition) is 6. The lowest BCUT2D eigenvalue weighted by Crippen LogP contribution is -2.16. The highest BCUT2D eigenvalue weighted by Crippen LogP contribution is 2.34. The summed E-state index contributed by atoms with van der Waals surface area (Å²) in [6.07, 6.45) is 3.85. The second-order valence-corrected chi connectivity index (χ2v) is 7.85. The largest absolute Gasteiger partial charge is 0.490 e. The van der Waals surface area contributed by atoms with Crippen molar-refractivity contribution in [3.05, 3.63) is 93.7 Å². The fourth-order valence-electron chi connectivity index (χ4n) is 3.02. The fourth-order valence-corrected chi connectivity index (χ4v) is 3.63. The number of thiophene rings is 1. The molecule has 1 heterocycles. The maximum Gasteiger partial charge on any atom is 0.335 e. The maximum atomic E-state index is 12.1. The van der Waals surface area contributed by atoms with Crippen molar-refractivity contribution in [2.45, 2.75) is 20.0 Å². The van der Waals surface area contributed by atoms with Crippen LogP contribution in [0, 0.1) is 0 Å². The van der Waals surface area contributed by atoms with Crippen LogP contribution in [-0.4, -0.2) is 29.8 Å². The van der Waals surface area contributed by atoms with Crippen LogP contribution in [-0.2, 0) is 13.0 Å². The van der Waals surface area contributed by atoms with E-state index in [1.807, 2.05) is 18.4 Å². The van der Waals surface area contributed by atoms with Gasteiger partial charge in [0.2, 0.25) is 0 Å². The Morgan fingerprint density at radius 1 is 1.18 bits per heavy atom. The van der Waals surface area contributed by atoms with E-state index in [9.17, 15) is 9.59 Å². The zero-order valence-electron chi connectivity index (χ0n) is 18.1. The summed E-state index contributed by atoms with van der Waals surface area (Å²) in [7, 11) is 0. The van der Waals surface area contributed by atoms with Gasteiger partial charge in [0, 0.05) is 5.56 Å². The Bertz CT molecular complexity index is 1140. The van der Waals surface area contributed by atoms with Gasteiger partial charge in [-0.1, -0.05) is 24.3 Å². The van der Waals surface area contributed by atoms with Crippen LogP contribution in [0.4, 0.5) is 0 Å². The molecule has 0 saturated carbocycles. The topological polar surface area (TPSA) is 97.2 Å². The first-order valence-corrected chi connectivity index (χ1v) is 11.1. The van der Waals surface area contributed by atoms with E-state index in [1.165, 1.54) is 11.3 Å². The zero-order valence-corrected chi connectivity index (χ0v) is 18.9. The van der Waals surface area contributed by atoms with Crippen molar-refractivity contribution < 1.29 is 24.2 Å². The van der Waals surface area contributed by atoms with E-state index in [0.717, 1.165) is 16.7 Å². The Hall–Kier alpha value is -3.91. The van der Waals surface area contributed by atoms with Crippen molar-refractivity contribution in [2.75, 3.05) is 6.61 Å². The average Bonchev–Trinajstić information content (AvgIpc) is 3.34. The summed E-state index contributed by atoms with van der Waals surface area (Å²) in [6, 6.07) is 13.7. The van der Waals surface area contributed by atoms with Crippen LogP contribution in [0.2, 0.25) is 0 Å². The van der Waals surface area contributed by atoms with Gasteiger partial charge in [-0.25, -0.2) is 10.2 Å². The van der Waals surface area contributed by atoms with Crippen molar-refractivity contribution >= 4 is 29.4 Å². The number of hydrazone groups is 1. The van der Waals surface area contributed by atoms with E-state index in [-0.39, 0.29) is 18.1 Å². The standard InChI is InChI=1S/C25H24N2O5S/c1-3-6-20-13-18(15-26-27-24(28)22-7-5-12-33-22)14-21(31-4-2)23(20)32-16-17-8-10-19(11-9-17)25(29)30/h3,5,7-15H,1,4,6,16H2,2H3,(H,27,28)(H,29,30). The molecule has 3 rings (SSSR count). The second kappa shape index (κ2) is 11.6. The van der Waals surface area contributed by atoms with Crippen LogP contribution in [0.15, 0.2) is 71.7 Å². The third kappa shape index (κ3) is 6.54. The summed E-state index contributed by atoms with van der Waals surface area (Å²) < 4.78 is 11.9. The molecule has 0 aliphatic rings. The Labute approximate surface area is 196 Å². The molecule has 3 aromatic rings. The van der Waals surface area contributed by atoms with Gasteiger partial charge in [-0.05, 0) is 60.2 Å². The number of allylic oxidation sites excluding steroid dienone is 1. The van der Waals surface area contributed by atoms with E-state index in [4.69, 9.17) is 14.6 Å². The van der Waals surface area contributed by atoms with E-state index < -0.39 is 5.97 Å². The molecule has 0 unspecified atom stereocenters. The van der Waals surface area contributed by atoms with Crippen molar-refractivity contribution in [3.8, 4) is 11.5 Å². The molecule has 0 aliphatic carbocycles. The maximum absolute atomic E-state index is 12.1. The molecule has 2 N–H and O–H groups in total. The number of hydrogen-bond donors (Lipinski definition) is 2. The zero-order chi connectivity index (χ0) is 23.6. The Morgan fingerprint density at radius 2 is 1.97 bits per heavy atom. The number of carbonyl (C=O) groups excluding carboxylic acids is 1. The predicted octanol–water partition coefficient (Wildman–Crippen LogP) is 4.92. The third-order valence-corrected chi connectivity index (χ3v) is 5.40. The van der Waals surface area contributed by atoms with Gasteiger partial charge in [-0.15, -0.1) is 17.9 Å². The van der Waals surface area contributed by atoms with Crippen molar-refractivity contribution in [2.24, 2.45) is 5.10 Å². The average molecular weight is 465 g/mol. The Kier molecular flexibility index (Phi) is 8.37. The number of carbonyl (C=O) groups is 2. The quantitative estimate of drug-likeness (QED) is 0.239. The number of rotatable bonds is 11. The molecule has 0 aliphatic heterocycles. The summed E-state index contributed by atoms with van der Waals surface area (Å²) in [5.41, 5.74) is 5.15. The minimum absolute atomic E-state index is 0.218. The van der Waals surface area contributed by atoms with E-state index in [1.54, 1.807) is 54.8 Å². The molecule has 1 aromatic heterocycles. The Morgan fingerprint density at radius 3 is 2.61 bits per heavy atom. The number of nitrogens with zero attached hydrogens (tertiary/aromatic N) is 1. The van der Waals surface area contributed by atoms with Gasteiger partial charge in [0.05, 0.1) is 23.3 Å².